The molecule has 3 atom stereocenters. The molecule has 3 fully saturated rings. The number of aryl methyl sites for hydroxylation is 1. The van der Waals surface area contributed by atoms with Gasteiger partial charge in [-0.25, -0.2) is 0 Å². The predicted octanol–water partition coefficient (Wildman–Crippen LogP) is 3.79. The number of carbonyl (C=O) groups excluding carboxylic acids is 1. The standard InChI is InChI=1S/C23H35NO4S/c1-21(2,26)18-8-9-22(3)19(28-18)15-23(16-27-22)10-12-24(13-11-23)20(25)7-6-17-5-4-14-29-17/h4-5,14,18-19,26H,6-13,15-16H2,1-3H3/t18-,19-,22+/m0/s1. The Bertz CT molecular complexity index is 705. The van der Waals surface area contributed by atoms with Crippen molar-refractivity contribution < 1.29 is 19.4 Å². The van der Waals surface area contributed by atoms with Crippen molar-refractivity contribution >= 4 is 17.2 Å². The van der Waals surface area contributed by atoms with Crippen LogP contribution < -0.4 is 0 Å². The third-order valence-corrected chi connectivity index (χ3v) is 8.31. The minimum Gasteiger partial charge on any atom is -0.388 e. The van der Waals surface area contributed by atoms with Gasteiger partial charge < -0.3 is 19.5 Å². The second kappa shape index (κ2) is 7.95. The Morgan fingerprint density at radius 1 is 1.34 bits per heavy atom. The van der Waals surface area contributed by atoms with Crippen LogP contribution in [-0.4, -0.2) is 59.0 Å². The van der Waals surface area contributed by atoms with Gasteiger partial charge in [0.2, 0.25) is 5.91 Å². The summed E-state index contributed by atoms with van der Waals surface area (Å²) >= 11 is 1.72. The number of nitrogens with zero attached hydrogens (tertiary/aromatic N) is 1. The van der Waals surface area contributed by atoms with Gasteiger partial charge in [-0.1, -0.05) is 6.07 Å². The summed E-state index contributed by atoms with van der Waals surface area (Å²) < 4.78 is 12.8. The molecule has 4 heterocycles. The van der Waals surface area contributed by atoms with E-state index in [4.69, 9.17) is 9.47 Å². The minimum absolute atomic E-state index is 0.0162. The first-order chi connectivity index (χ1) is 13.7. The maximum atomic E-state index is 12.6. The summed E-state index contributed by atoms with van der Waals surface area (Å²) in [7, 11) is 0. The molecule has 1 N–H and O–H groups in total. The summed E-state index contributed by atoms with van der Waals surface area (Å²) in [4.78, 5) is 16.0. The molecule has 4 rings (SSSR count). The lowest BCUT2D eigenvalue weighted by molar-refractivity contribution is -0.271. The Labute approximate surface area is 178 Å². The molecule has 162 valence electrons. The molecule has 29 heavy (non-hydrogen) atoms. The molecule has 1 amide bonds. The first kappa shape index (κ1) is 21.3. The number of amides is 1. The molecule has 1 spiro atoms. The molecule has 3 aliphatic heterocycles. The molecule has 0 aliphatic carbocycles. The fourth-order valence-corrected chi connectivity index (χ4v) is 5.84. The van der Waals surface area contributed by atoms with Crippen LogP contribution in [0.5, 0.6) is 0 Å². The average molecular weight is 422 g/mol. The normalized spacial score (nSPS) is 32.2. The van der Waals surface area contributed by atoms with Crippen LogP contribution in [0.1, 0.15) is 64.2 Å². The summed E-state index contributed by atoms with van der Waals surface area (Å²) in [6, 6.07) is 4.15. The van der Waals surface area contributed by atoms with Crippen LogP contribution in [0.25, 0.3) is 0 Å². The van der Waals surface area contributed by atoms with Crippen LogP contribution in [0.3, 0.4) is 0 Å². The zero-order valence-corrected chi connectivity index (χ0v) is 18.8. The van der Waals surface area contributed by atoms with Crippen LogP contribution >= 0.6 is 11.3 Å². The third-order valence-electron chi connectivity index (χ3n) is 7.37. The molecule has 3 saturated heterocycles. The monoisotopic (exact) mass is 421 g/mol. The van der Waals surface area contributed by atoms with Gasteiger partial charge in [-0.2, -0.15) is 0 Å². The fourth-order valence-electron chi connectivity index (χ4n) is 5.13. The summed E-state index contributed by atoms with van der Waals surface area (Å²) in [5.41, 5.74) is -0.985. The number of ether oxygens (including phenoxy) is 2. The number of likely N-dealkylation sites (tertiary alicyclic amines) is 1. The van der Waals surface area contributed by atoms with E-state index in [1.807, 2.05) is 24.8 Å². The number of hydrogen-bond acceptors (Lipinski definition) is 5. The van der Waals surface area contributed by atoms with Crippen LogP contribution in [0, 0.1) is 5.41 Å². The van der Waals surface area contributed by atoms with Gasteiger partial charge in [0.15, 0.2) is 0 Å². The molecule has 0 aromatic carbocycles. The lowest BCUT2D eigenvalue weighted by Gasteiger charge is -2.56. The third kappa shape index (κ3) is 4.55. The average Bonchev–Trinajstić information content (AvgIpc) is 3.20. The van der Waals surface area contributed by atoms with E-state index in [1.54, 1.807) is 11.3 Å². The van der Waals surface area contributed by atoms with Gasteiger partial charge in [0.25, 0.3) is 0 Å². The van der Waals surface area contributed by atoms with Crippen molar-refractivity contribution in [3.8, 4) is 0 Å². The molecule has 0 radical (unpaired) electrons. The van der Waals surface area contributed by atoms with Gasteiger partial charge in [-0.15, -0.1) is 11.3 Å². The SMILES string of the molecule is CC(C)(O)[C@@H]1CC[C@@]2(C)OCC3(CCN(C(=O)CCc4cccs4)CC3)C[C@@H]2O1. The lowest BCUT2D eigenvalue weighted by atomic mass is 9.68. The molecule has 0 bridgehead atoms. The van der Waals surface area contributed by atoms with E-state index in [9.17, 15) is 9.90 Å². The molecule has 0 saturated carbocycles. The Morgan fingerprint density at radius 2 is 2.10 bits per heavy atom. The Kier molecular flexibility index (Phi) is 5.84. The zero-order valence-electron chi connectivity index (χ0n) is 18.0. The molecule has 3 aliphatic rings. The first-order valence-corrected chi connectivity index (χ1v) is 11.9. The fraction of sp³-hybridized carbons (Fsp3) is 0.783. The zero-order chi connectivity index (χ0) is 20.7. The summed E-state index contributed by atoms with van der Waals surface area (Å²) in [5, 5.41) is 12.5. The lowest BCUT2D eigenvalue weighted by Crippen LogP contribution is -2.61. The number of carbonyl (C=O) groups is 1. The number of fused-ring (bicyclic) bond motifs is 1. The van der Waals surface area contributed by atoms with Crippen molar-refractivity contribution in [3.63, 3.8) is 0 Å². The van der Waals surface area contributed by atoms with E-state index in [0.29, 0.717) is 6.42 Å². The van der Waals surface area contributed by atoms with E-state index in [0.717, 1.165) is 58.2 Å². The molecular weight excluding hydrogens is 386 g/mol. The minimum atomic E-state index is -0.829. The Morgan fingerprint density at radius 3 is 2.76 bits per heavy atom. The predicted molar refractivity (Wildman–Crippen MR) is 114 cm³/mol. The Balaban J connectivity index is 1.33. The van der Waals surface area contributed by atoms with Crippen molar-refractivity contribution in [2.45, 2.75) is 89.1 Å². The number of hydrogen-bond donors (Lipinski definition) is 1. The molecule has 1 aromatic heterocycles. The van der Waals surface area contributed by atoms with E-state index >= 15 is 0 Å². The second-order valence-corrected chi connectivity index (χ2v) is 11.1. The number of aliphatic hydroxyl groups is 1. The van der Waals surface area contributed by atoms with Gasteiger partial charge in [0.1, 0.15) is 0 Å². The van der Waals surface area contributed by atoms with Crippen molar-refractivity contribution in [2.75, 3.05) is 19.7 Å². The largest absolute Gasteiger partial charge is 0.388 e. The second-order valence-electron chi connectivity index (χ2n) is 10.1. The van der Waals surface area contributed by atoms with Crippen LogP contribution in [0.15, 0.2) is 17.5 Å². The number of piperidine rings is 1. The molecular formula is C23H35NO4S. The highest BCUT2D eigenvalue weighted by atomic mass is 32.1. The van der Waals surface area contributed by atoms with Gasteiger partial charge in [-0.05, 0) is 76.2 Å². The quantitative estimate of drug-likeness (QED) is 0.804. The van der Waals surface area contributed by atoms with Crippen LogP contribution in [0.4, 0.5) is 0 Å². The van der Waals surface area contributed by atoms with Gasteiger partial charge in [-0.3, -0.25) is 4.79 Å². The van der Waals surface area contributed by atoms with Crippen molar-refractivity contribution in [3.05, 3.63) is 22.4 Å². The van der Waals surface area contributed by atoms with Crippen molar-refractivity contribution in [1.29, 1.82) is 0 Å². The first-order valence-electron chi connectivity index (χ1n) is 11.0. The molecule has 1 aromatic rings. The topological polar surface area (TPSA) is 59.0 Å². The smallest absolute Gasteiger partial charge is 0.222 e. The van der Waals surface area contributed by atoms with E-state index < -0.39 is 5.60 Å². The van der Waals surface area contributed by atoms with Gasteiger partial charge >= 0.3 is 0 Å². The Hall–Kier alpha value is -0.950. The van der Waals surface area contributed by atoms with Gasteiger partial charge in [0, 0.05) is 24.4 Å². The highest BCUT2D eigenvalue weighted by Gasteiger charge is 2.53. The van der Waals surface area contributed by atoms with Crippen LogP contribution in [-0.2, 0) is 20.7 Å². The van der Waals surface area contributed by atoms with E-state index in [-0.39, 0.29) is 29.1 Å². The van der Waals surface area contributed by atoms with E-state index in [1.165, 1.54) is 4.88 Å². The van der Waals surface area contributed by atoms with Crippen molar-refractivity contribution in [2.24, 2.45) is 5.41 Å². The molecule has 6 heteroatoms. The highest BCUT2D eigenvalue weighted by molar-refractivity contribution is 7.09. The van der Waals surface area contributed by atoms with Crippen LogP contribution in [0.2, 0.25) is 0 Å². The molecule has 5 nitrogen and oxygen atoms in total. The number of thiophene rings is 1. The van der Waals surface area contributed by atoms with E-state index in [2.05, 4.69) is 18.4 Å². The maximum Gasteiger partial charge on any atom is 0.222 e. The van der Waals surface area contributed by atoms with Gasteiger partial charge in [0.05, 0.1) is 30.0 Å². The van der Waals surface area contributed by atoms with Crippen molar-refractivity contribution in [1.82, 2.24) is 4.90 Å². The maximum absolute atomic E-state index is 12.6. The summed E-state index contributed by atoms with van der Waals surface area (Å²) in [6.07, 6.45) is 5.98. The molecule has 0 unspecified atom stereocenters. The highest BCUT2D eigenvalue weighted by Crippen LogP contribution is 2.49. The number of rotatable bonds is 4. The summed E-state index contributed by atoms with van der Waals surface area (Å²) in [5.74, 6) is 0.269. The summed E-state index contributed by atoms with van der Waals surface area (Å²) in [6.45, 7) is 8.21.